The number of rotatable bonds is 4. The lowest BCUT2D eigenvalue weighted by atomic mass is 10.1. The lowest BCUT2D eigenvalue weighted by molar-refractivity contribution is -0.138. The molecule has 0 spiro atoms. The molecular formula is C16H15NO3. The Morgan fingerprint density at radius 2 is 1.50 bits per heavy atom. The van der Waals surface area contributed by atoms with Gasteiger partial charge in [-0.2, -0.15) is 0 Å². The Morgan fingerprint density at radius 1 is 0.950 bits per heavy atom. The van der Waals surface area contributed by atoms with Gasteiger partial charge in [0.2, 0.25) is 5.76 Å². The van der Waals surface area contributed by atoms with Crippen molar-refractivity contribution >= 4 is 11.7 Å². The van der Waals surface area contributed by atoms with Gasteiger partial charge in [0.05, 0.1) is 12.8 Å². The molecule has 0 amide bonds. The average Bonchev–Trinajstić information content (AvgIpc) is 2.53. The lowest BCUT2D eigenvalue weighted by Gasteiger charge is -2.11. The average molecular weight is 269 g/mol. The Kier molecular flexibility index (Phi) is 4.39. The molecule has 0 saturated heterocycles. The smallest absolute Gasteiger partial charge is 0.376 e. The number of benzene rings is 2. The minimum absolute atomic E-state index is 0.0232. The lowest BCUT2D eigenvalue weighted by Crippen LogP contribution is -2.16. The fraction of sp³-hybridized carbons (Fsp3) is 0.0625. The van der Waals surface area contributed by atoms with Gasteiger partial charge in [-0.25, -0.2) is 4.79 Å². The first kappa shape index (κ1) is 13.7. The number of methoxy groups -OCH3 is 1. The zero-order valence-electron chi connectivity index (χ0n) is 11.1. The molecule has 0 aliphatic heterocycles. The van der Waals surface area contributed by atoms with Crippen molar-refractivity contribution in [2.45, 2.75) is 0 Å². The highest BCUT2D eigenvalue weighted by atomic mass is 16.6. The number of esters is 1. The predicted molar refractivity (Wildman–Crippen MR) is 76.6 cm³/mol. The molecule has 2 rings (SSSR count). The molecule has 2 aromatic carbocycles. The van der Waals surface area contributed by atoms with Crippen LogP contribution < -0.4 is 10.5 Å². The molecule has 4 heteroatoms. The van der Waals surface area contributed by atoms with Gasteiger partial charge >= 0.3 is 5.97 Å². The number of carbonyl (C=O) groups is 1. The van der Waals surface area contributed by atoms with E-state index in [1.807, 2.05) is 36.4 Å². The van der Waals surface area contributed by atoms with E-state index in [0.717, 1.165) is 0 Å². The Balaban J connectivity index is 2.40. The fourth-order valence-corrected chi connectivity index (χ4v) is 1.65. The Hall–Kier alpha value is -2.75. The van der Waals surface area contributed by atoms with Crippen LogP contribution in [0, 0.1) is 0 Å². The standard InChI is InChI=1S/C16H15NO3/c1-19-16(18)15(20-13-10-6-3-7-11-13)14(17)12-8-4-2-5-9-12/h2-11H,17H2,1H3/b15-14+. The highest BCUT2D eigenvalue weighted by Gasteiger charge is 2.18. The molecule has 0 heterocycles. The van der Waals surface area contributed by atoms with Crippen molar-refractivity contribution in [2.75, 3.05) is 7.11 Å². The quantitative estimate of drug-likeness (QED) is 0.526. The highest BCUT2D eigenvalue weighted by molar-refractivity contribution is 5.95. The van der Waals surface area contributed by atoms with E-state index in [1.54, 1.807) is 24.3 Å². The van der Waals surface area contributed by atoms with Crippen molar-refractivity contribution < 1.29 is 14.3 Å². The summed E-state index contributed by atoms with van der Waals surface area (Å²) in [6.45, 7) is 0. The largest absolute Gasteiger partial charge is 0.463 e. The Labute approximate surface area is 117 Å². The first-order valence-electron chi connectivity index (χ1n) is 6.08. The van der Waals surface area contributed by atoms with Crippen molar-refractivity contribution in [2.24, 2.45) is 5.73 Å². The van der Waals surface area contributed by atoms with Gasteiger partial charge in [0.15, 0.2) is 0 Å². The van der Waals surface area contributed by atoms with E-state index in [9.17, 15) is 4.79 Å². The van der Waals surface area contributed by atoms with Crippen LogP contribution in [0.1, 0.15) is 5.56 Å². The van der Waals surface area contributed by atoms with E-state index in [0.29, 0.717) is 11.3 Å². The van der Waals surface area contributed by atoms with E-state index in [1.165, 1.54) is 7.11 Å². The third-order valence-electron chi connectivity index (χ3n) is 2.66. The number of ether oxygens (including phenoxy) is 2. The minimum atomic E-state index is -0.616. The maximum Gasteiger partial charge on any atom is 0.376 e. The van der Waals surface area contributed by atoms with Crippen molar-refractivity contribution in [1.82, 2.24) is 0 Å². The summed E-state index contributed by atoms with van der Waals surface area (Å²) in [6.07, 6.45) is 0. The number of carbonyl (C=O) groups excluding carboxylic acids is 1. The first-order valence-corrected chi connectivity index (χ1v) is 6.08. The molecule has 2 N–H and O–H groups in total. The van der Waals surface area contributed by atoms with Crippen LogP contribution in [0.3, 0.4) is 0 Å². The van der Waals surface area contributed by atoms with Crippen LogP contribution in [0.15, 0.2) is 66.4 Å². The zero-order chi connectivity index (χ0) is 14.4. The molecule has 0 fully saturated rings. The van der Waals surface area contributed by atoms with Crippen LogP contribution in [-0.4, -0.2) is 13.1 Å². The van der Waals surface area contributed by atoms with Gasteiger partial charge in [0.1, 0.15) is 5.75 Å². The van der Waals surface area contributed by atoms with Crippen molar-refractivity contribution in [3.8, 4) is 5.75 Å². The molecule has 0 aliphatic carbocycles. The van der Waals surface area contributed by atoms with Crippen molar-refractivity contribution in [3.05, 3.63) is 72.0 Å². The van der Waals surface area contributed by atoms with E-state index in [4.69, 9.17) is 15.2 Å². The molecular weight excluding hydrogens is 254 g/mol. The second-order valence-corrected chi connectivity index (χ2v) is 4.02. The summed E-state index contributed by atoms with van der Waals surface area (Å²) < 4.78 is 10.3. The summed E-state index contributed by atoms with van der Waals surface area (Å²) in [7, 11) is 1.29. The second-order valence-electron chi connectivity index (χ2n) is 4.02. The third kappa shape index (κ3) is 3.17. The van der Waals surface area contributed by atoms with Crippen LogP contribution >= 0.6 is 0 Å². The Bertz CT molecular complexity index is 606. The van der Waals surface area contributed by atoms with E-state index >= 15 is 0 Å². The molecule has 0 saturated carbocycles. The molecule has 0 bridgehead atoms. The van der Waals surface area contributed by atoms with Gasteiger partial charge in [-0.3, -0.25) is 0 Å². The van der Waals surface area contributed by atoms with Crippen LogP contribution in [0.5, 0.6) is 5.75 Å². The third-order valence-corrected chi connectivity index (χ3v) is 2.66. The van der Waals surface area contributed by atoms with Crippen LogP contribution in [-0.2, 0) is 9.53 Å². The summed E-state index contributed by atoms with van der Waals surface area (Å²) in [4.78, 5) is 11.8. The van der Waals surface area contributed by atoms with E-state index < -0.39 is 5.97 Å². The highest BCUT2D eigenvalue weighted by Crippen LogP contribution is 2.19. The first-order chi connectivity index (χ1) is 9.72. The monoisotopic (exact) mass is 269 g/mol. The number of para-hydroxylation sites is 1. The van der Waals surface area contributed by atoms with Gasteiger partial charge < -0.3 is 15.2 Å². The number of hydrogen-bond donors (Lipinski definition) is 1. The molecule has 0 unspecified atom stereocenters. The predicted octanol–water partition coefficient (Wildman–Crippen LogP) is 2.57. The van der Waals surface area contributed by atoms with Gasteiger partial charge in [-0.1, -0.05) is 48.5 Å². The summed E-state index contributed by atoms with van der Waals surface area (Å²) in [5, 5.41) is 0. The molecule has 20 heavy (non-hydrogen) atoms. The fourth-order valence-electron chi connectivity index (χ4n) is 1.65. The molecule has 2 aromatic rings. The van der Waals surface area contributed by atoms with Gasteiger partial charge in [0, 0.05) is 5.56 Å². The van der Waals surface area contributed by atoms with Crippen LogP contribution in [0.2, 0.25) is 0 Å². The van der Waals surface area contributed by atoms with E-state index in [-0.39, 0.29) is 11.5 Å². The van der Waals surface area contributed by atoms with Crippen molar-refractivity contribution in [1.29, 1.82) is 0 Å². The maximum absolute atomic E-state index is 11.8. The van der Waals surface area contributed by atoms with Crippen LogP contribution in [0.4, 0.5) is 0 Å². The topological polar surface area (TPSA) is 61.5 Å². The van der Waals surface area contributed by atoms with Gasteiger partial charge in [0.25, 0.3) is 0 Å². The SMILES string of the molecule is COC(=O)/C(Oc1ccccc1)=C(\N)c1ccccc1. The number of hydrogen-bond acceptors (Lipinski definition) is 4. The molecule has 0 atom stereocenters. The normalized spacial score (nSPS) is 11.4. The van der Waals surface area contributed by atoms with E-state index in [2.05, 4.69) is 0 Å². The summed E-state index contributed by atoms with van der Waals surface area (Å²) >= 11 is 0. The molecule has 0 radical (unpaired) electrons. The number of nitrogens with two attached hydrogens (primary N) is 1. The molecule has 4 nitrogen and oxygen atoms in total. The molecule has 0 aromatic heterocycles. The second kappa shape index (κ2) is 6.43. The minimum Gasteiger partial charge on any atom is -0.463 e. The summed E-state index contributed by atoms with van der Waals surface area (Å²) in [6, 6.07) is 18.1. The molecule has 0 aliphatic rings. The van der Waals surface area contributed by atoms with Crippen LogP contribution in [0.25, 0.3) is 5.70 Å². The summed E-state index contributed by atoms with van der Waals surface area (Å²) in [5.41, 5.74) is 6.95. The molecule has 102 valence electrons. The van der Waals surface area contributed by atoms with Gasteiger partial charge in [-0.15, -0.1) is 0 Å². The Morgan fingerprint density at radius 3 is 2.05 bits per heavy atom. The van der Waals surface area contributed by atoms with Gasteiger partial charge in [-0.05, 0) is 12.1 Å². The maximum atomic E-state index is 11.8. The van der Waals surface area contributed by atoms with Crippen molar-refractivity contribution in [3.63, 3.8) is 0 Å². The summed E-state index contributed by atoms with van der Waals surface area (Å²) in [5.74, 6) is -0.119. The zero-order valence-corrected chi connectivity index (χ0v) is 11.1.